The summed E-state index contributed by atoms with van der Waals surface area (Å²) in [6, 6.07) is 8.28. The van der Waals surface area contributed by atoms with E-state index in [0.29, 0.717) is 12.2 Å². The van der Waals surface area contributed by atoms with Crippen LogP contribution in [-0.2, 0) is 6.54 Å². The lowest BCUT2D eigenvalue weighted by molar-refractivity contribution is 0.628. The number of aryl methyl sites for hydroxylation is 1. The van der Waals surface area contributed by atoms with E-state index in [2.05, 4.69) is 10.3 Å². The highest BCUT2D eigenvalue weighted by atomic mass is 35.5. The first-order valence-electron chi connectivity index (χ1n) is 6.37. The second-order valence-corrected chi connectivity index (χ2v) is 5.49. The summed E-state index contributed by atoms with van der Waals surface area (Å²) in [4.78, 5) is 4.48. The van der Waals surface area contributed by atoms with Crippen LogP contribution in [-0.4, -0.2) is 9.38 Å². The van der Waals surface area contributed by atoms with Gasteiger partial charge in [0.05, 0.1) is 33.7 Å². The van der Waals surface area contributed by atoms with E-state index in [1.165, 1.54) is 12.1 Å². The van der Waals surface area contributed by atoms with E-state index in [0.717, 1.165) is 17.0 Å². The standard InChI is InChI=1S/C15H12Cl2FN3/c1-9-13(21-5-3-2-4-14(21)20-9)8-19-15-11(16)6-10(18)7-12(15)17/h2-7,19H,8H2,1H3. The molecule has 1 N–H and O–H groups in total. The Morgan fingerprint density at radius 1 is 1.24 bits per heavy atom. The van der Waals surface area contributed by atoms with Crippen LogP contribution < -0.4 is 5.32 Å². The maximum Gasteiger partial charge on any atom is 0.137 e. The van der Waals surface area contributed by atoms with Gasteiger partial charge in [0.2, 0.25) is 0 Å². The Bertz CT molecular complexity index is 791. The molecule has 0 saturated heterocycles. The molecule has 6 heteroatoms. The Kier molecular flexibility index (Phi) is 3.74. The zero-order valence-electron chi connectivity index (χ0n) is 11.2. The molecule has 0 aliphatic heterocycles. The predicted molar refractivity (Wildman–Crippen MR) is 83.7 cm³/mol. The van der Waals surface area contributed by atoms with Gasteiger partial charge in [0.15, 0.2) is 0 Å². The molecule has 3 nitrogen and oxygen atoms in total. The molecule has 3 aromatic rings. The first-order chi connectivity index (χ1) is 10.1. The van der Waals surface area contributed by atoms with Gasteiger partial charge in [0.25, 0.3) is 0 Å². The molecule has 0 fully saturated rings. The van der Waals surface area contributed by atoms with E-state index in [4.69, 9.17) is 23.2 Å². The summed E-state index contributed by atoms with van der Waals surface area (Å²) >= 11 is 12.0. The number of benzene rings is 1. The number of fused-ring (bicyclic) bond motifs is 1. The van der Waals surface area contributed by atoms with Gasteiger partial charge in [-0.15, -0.1) is 0 Å². The van der Waals surface area contributed by atoms with Gasteiger partial charge in [0.1, 0.15) is 11.5 Å². The molecule has 2 heterocycles. The molecule has 0 saturated carbocycles. The third-order valence-electron chi connectivity index (χ3n) is 3.27. The van der Waals surface area contributed by atoms with Crippen LogP contribution in [0.2, 0.25) is 10.0 Å². The fourth-order valence-corrected chi connectivity index (χ4v) is 2.85. The molecule has 0 radical (unpaired) electrons. The van der Waals surface area contributed by atoms with Crippen LogP contribution in [0.25, 0.3) is 5.65 Å². The number of aromatic nitrogens is 2. The number of rotatable bonds is 3. The first-order valence-corrected chi connectivity index (χ1v) is 7.13. The van der Waals surface area contributed by atoms with Crippen LogP contribution in [0.3, 0.4) is 0 Å². The van der Waals surface area contributed by atoms with Crippen molar-refractivity contribution in [2.45, 2.75) is 13.5 Å². The molecule has 0 aliphatic carbocycles. The van der Waals surface area contributed by atoms with Crippen molar-refractivity contribution in [3.8, 4) is 0 Å². The Balaban J connectivity index is 1.92. The number of halogens is 3. The minimum Gasteiger partial charge on any atom is -0.377 e. The molecular weight excluding hydrogens is 312 g/mol. The number of nitrogens with zero attached hydrogens (tertiary/aromatic N) is 2. The molecular formula is C15H12Cl2FN3. The Labute approximate surface area is 131 Å². The van der Waals surface area contributed by atoms with Gasteiger partial charge in [-0.05, 0) is 31.2 Å². The molecule has 0 atom stereocenters. The Morgan fingerprint density at radius 3 is 2.67 bits per heavy atom. The van der Waals surface area contributed by atoms with Crippen LogP contribution in [0.5, 0.6) is 0 Å². The van der Waals surface area contributed by atoms with Crippen LogP contribution >= 0.6 is 23.2 Å². The number of anilines is 1. The average Bonchev–Trinajstić information content (AvgIpc) is 2.73. The quantitative estimate of drug-likeness (QED) is 0.757. The van der Waals surface area contributed by atoms with Crippen molar-refractivity contribution in [1.29, 1.82) is 0 Å². The second kappa shape index (κ2) is 5.54. The fourth-order valence-electron chi connectivity index (χ4n) is 2.26. The average molecular weight is 324 g/mol. The summed E-state index contributed by atoms with van der Waals surface area (Å²) < 4.78 is 15.2. The zero-order chi connectivity index (χ0) is 15.0. The van der Waals surface area contributed by atoms with Crippen LogP contribution in [0.4, 0.5) is 10.1 Å². The fraction of sp³-hybridized carbons (Fsp3) is 0.133. The molecule has 0 aliphatic rings. The lowest BCUT2D eigenvalue weighted by atomic mass is 10.3. The highest BCUT2D eigenvalue weighted by molar-refractivity contribution is 6.39. The van der Waals surface area contributed by atoms with Gasteiger partial charge in [-0.2, -0.15) is 0 Å². The number of pyridine rings is 1. The Hall–Kier alpha value is -1.78. The maximum absolute atomic E-state index is 13.2. The summed E-state index contributed by atoms with van der Waals surface area (Å²) in [5.41, 5.74) is 3.32. The third-order valence-corrected chi connectivity index (χ3v) is 3.86. The largest absolute Gasteiger partial charge is 0.377 e. The van der Waals surface area contributed by atoms with Crippen molar-refractivity contribution in [3.05, 3.63) is 63.8 Å². The van der Waals surface area contributed by atoms with Crippen LogP contribution in [0.15, 0.2) is 36.5 Å². The van der Waals surface area contributed by atoms with Crippen molar-refractivity contribution in [2.75, 3.05) is 5.32 Å². The van der Waals surface area contributed by atoms with E-state index in [1.54, 1.807) is 0 Å². The molecule has 3 rings (SSSR count). The maximum atomic E-state index is 13.2. The van der Waals surface area contributed by atoms with E-state index in [-0.39, 0.29) is 10.0 Å². The van der Waals surface area contributed by atoms with Gasteiger partial charge in [-0.25, -0.2) is 9.37 Å². The highest BCUT2D eigenvalue weighted by Gasteiger charge is 2.11. The van der Waals surface area contributed by atoms with Crippen molar-refractivity contribution >= 4 is 34.5 Å². The van der Waals surface area contributed by atoms with Crippen LogP contribution in [0, 0.1) is 12.7 Å². The molecule has 1 aromatic carbocycles. The first kappa shape index (κ1) is 14.2. The van der Waals surface area contributed by atoms with Gasteiger partial charge < -0.3 is 9.72 Å². The monoisotopic (exact) mass is 323 g/mol. The van der Waals surface area contributed by atoms with Gasteiger partial charge in [-0.3, -0.25) is 0 Å². The van der Waals surface area contributed by atoms with E-state index >= 15 is 0 Å². The van der Waals surface area contributed by atoms with E-state index in [9.17, 15) is 4.39 Å². The highest BCUT2D eigenvalue weighted by Crippen LogP contribution is 2.31. The lowest BCUT2D eigenvalue weighted by Gasteiger charge is -2.11. The minimum absolute atomic E-state index is 0.256. The smallest absolute Gasteiger partial charge is 0.137 e. The molecule has 0 bridgehead atoms. The normalized spacial score (nSPS) is 11.0. The van der Waals surface area contributed by atoms with E-state index < -0.39 is 5.82 Å². The molecule has 0 amide bonds. The summed E-state index contributed by atoms with van der Waals surface area (Å²) in [6.45, 7) is 2.43. The SMILES string of the molecule is Cc1nc2ccccn2c1CNc1c(Cl)cc(F)cc1Cl. The van der Waals surface area contributed by atoms with Crippen molar-refractivity contribution in [1.82, 2.24) is 9.38 Å². The van der Waals surface area contributed by atoms with Crippen molar-refractivity contribution in [3.63, 3.8) is 0 Å². The number of hydrogen-bond acceptors (Lipinski definition) is 2. The lowest BCUT2D eigenvalue weighted by Crippen LogP contribution is -2.05. The minimum atomic E-state index is -0.457. The third kappa shape index (κ3) is 2.69. The topological polar surface area (TPSA) is 29.3 Å². The summed E-state index contributed by atoms with van der Waals surface area (Å²) in [5, 5.41) is 3.66. The number of imidazole rings is 1. The molecule has 0 spiro atoms. The summed E-state index contributed by atoms with van der Waals surface area (Å²) in [7, 11) is 0. The number of nitrogens with one attached hydrogen (secondary N) is 1. The summed E-state index contributed by atoms with van der Waals surface area (Å²) in [6.07, 6.45) is 1.94. The zero-order valence-corrected chi connectivity index (χ0v) is 12.7. The molecule has 2 aromatic heterocycles. The van der Waals surface area contributed by atoms with Gasteiger partial charge >= 0.3 is 0 Å². The predicted octanol–water partition coefficient (Wildman–Crippen LogP) is 4.70. The molecule has 21 heavy (non-hydrogen) atoms. The molecule has 108 valence electrons. The summed E-state index contributed by atoms with van der Waals surface area (Å²) in [5.74, 6) is -0.457. The van der Waals surface area contributed by atoms with E-state index in [1.807, 2.05) is 35.7 Å². The van der Waals surface area contributed by atoms with Crippen molar-refractivity contribution in [2.24, 2.45) is 0 Å². The van der Waals surface area contributed by atoms with Crippen LogP contribution in [0.1, 0.15) is 11.4 Å². The Morgan fingerprint density at radius 2 is 1.95 bits per heavy atom. The van der Waals surface area contributed by atoms with Crippen molar-refractivity contribution < 1.29 is 4.39 Å². The molecule has 0 unspecified atom stereocenters. The second-order valence-electron chi connectivity index (χ2n) is 4.67. The number of hydrogen-bond donors (Lipinski definition) is 1. The van der Waals surface area contributed by atoms with Gasteiger partial charge in [0, 0.05) is 6.20 Å². The van der Waals surface area contributed by atoms with Gasteiger partial charge in [-0.1, -0.05) is 29.3 Å².